The van der Waals surface area contributed by atoms with Crippen molar-refractivity contribution < 1.29 is 27.9 Å². The average Bonchev–Trinajstić information content (AvgIpc) is 3.56. The second-order valence-electron chi connectivity index (χ2n) is 21.0. The summed E-state index contributed by atoms with van der Waals surface area (Å²) in [6, 6.07) is 10.3. The Hall–Kier alpha value is -1.56. The van der Waals surface area contributed by atoms with E-state index in [1.54, 1.807) is 6.92 Å². The summed E-state index contributed by atoms with van der Waals surface area (Å²) in [5.74, 6) is 1.53. The summed E-state index contributed by atoms with van der Waals surface area (Å²) in [7, 11) is -3.84. The highest BCUT2D eigenvalue weighted by molar-refractivity contribution is 6.74. The van der Waals surface area contributed by atoms with E-state index >= 15 is 0 Å². The Morgan fingerprint density at radius 3 is 2.25 bits per heavy atom. The van der Waals surface area contributed by atoms with Crippen LogP contribution in [-0.4, -0.2) is 59.7 Å². The number of hydrogen-bond donors (Lipinski definition) is 0. The third kappa shape index (κ3) is 11.8. The Kier molecular flexibility index (Phi) is 15.2. The number of carbonyl (C=O) groups excluding carboxylic acids is 1. The van der Waals surface area contributed by atoms with E-state index in [4.69, 9.17) is 23.1 Å². The molecule has 0 spiro atoms. The fourth-order valence-corrected chi connectivity index (χ4v) is 11.3. The molecule has 8 heteroatoms. The second kappa shape index (κ2) is 18.2. The number of epoxide rings is 1. The van der Waals surface area contributed by atoms with E-state index in [2.05, 4.69) is 120 Å². The molecular weight excluding hydrogens is 717 g/mol. The molecule has 1 saturated heterocycles. The Labute approximate surface area is 339 Å². The van der Waals surface area contributed by atoms with Crippen LogP contribution in [0.1, 0.15) is 133 Å². The smallest absolute Gasteiger partial charge is 0.303 e. The van der Waals surface area contributed by atoms with Gasteiger partial charge in [-0.1, -0.05) is 97.9 Å². The molecule has 0 radical (unpaired) electrons. The first-order valence-corrected chi connectivity index (χ1v) is 27.4. The van der Waals surface area contributed by atoms with Crippen LogP contribution in [0.3, 0.4) is 0 Å². The molecular formula is C47H80O6Si2. The minimum atomic E-state index is -2.11. The van der Waals surface area contributed by atoms with E-state index in [9.17, 15) is 4.79 Å². The molecule has 55 heavy (non-hydrogen) atoms. The van der Waals surface area contributed by atoms with Crippen molar-refractivity contribution >= 4 is 22.6 Å². The lowest BCUT2D eigenvalue weighted by atomic mass is 9.61. The van der Waals surface area contributed by atoms with Gasteiger partial charge in [0.25, 0.3) is 0 Å². The number of hydrogen-bond acceptors (Lipinski definition) is 6. The normalized spacial score (nSPS) is 27.9. The number of carbonyl (C=O) groups is 1. The van der Waals surface area contributed by atoms with Crippen LogP contribution in [0.2, 0.25) is 36.3 Å². The van der Waals surface area contributed by atoms with Gasteiger partial charge >= 0.3 is 5.97 Å². The molecule has 0 N–H and O–H groups in total. The molecule has 0 amide bonds. The zero-order valence-corrected chi connectivity index (χ0v) is 39.7. The van der Waals surface area contributed by atoms with Crippen molar-refractivity contribution in [3.8, 4) is 0 Å². The van der Waals surface area contributed by atoms with Crippen molar-refractivity contribution in [2.75, 3.05) is 13.2 Å². The highest BCUT2D eigenvalue weighted by Gasteiger charge is 2.54. The predicted octanol–water partition coefficient (Wildman–Crippen LogP) is 12.6. The summed E-state index contributed by atoms with van der Waals surface area (Å²) in [4.78, 5) is 12.7. The third-order valence-electron chi connectivity index (χ3n) is 14.7. The summed E-state index contributed by atoms with van der Waals surface area (Å²) < 4.78 is 32.4. The number of esters is 1. The van der Waals surface area contributed by atoms with Crippen molar-refractivity contribution in [1.82, 2.24) is 0 Å². The molecule has 1 aromatic carbocycles. The standard InChI is InChI=1S/C47H80O6Si2/c1-34(21-20-30-50-54(12,13)44(4,5)6)39-26-27-40-38(24-19-29-46(39,40)10)41(51-36(3)48)28-25-35(2)42(53-55(14,15)45(7,8)9)31-43-47(11,52-43)33-49-32-37-22-17-16-18-23-37/h16-18,22-25,34,39-43H,19-21,26-33H2,1-15H3/b35-25-/t34-,39-,40+,41-,42-,43+,46-,47-/m1/s1. The molecule has 8 atom stereocenters. The summed E-state index contributed by atoms with van der Waals surface area (Å²) >= 11 is 0. The molecule has 1 saturated carbocycles. The van der Waals surface area contributed by atoms with E-state index in [0.717, 1.165) is 25.9 Å². The molecule has 6 nitrogen and oxygen atoms in total. The molecule has 1 aliphatic heterocycles. The molecule has 1 aromatic rings. The third-order valence-corrected chi connectivity index (χ3v) is 23.7. The van der Waals surface area contributed by atoms with Crippen LogP contribution in [-0.2, 0) is 34.5 Å². The van der Waals surface area contributed by atoms with Gasteiger partial charge in [-0.15, -0.1) is 0 Å². The number of rotatable bonds is 19. The molecule has 0 unspecified atom stereocenters. The average molecular weight is 797 g/mol. The Morgan fingerprint density at radius 1 is 0.982 bits per heavy atom. The van der Waals surface area contributed by atoms with E-state index in [0.29, 0.717) is 37.4 Å². The SMILES string of the molecule is CC(=O)O[C@H](C/C=C(/C)[C@@H](C[C@@H]1O[C@]1(C)COCc1ccccc1)O[Si](C)(C)C(C)(C)C)C1=CCC[C@]2(C)[C@@H]([C@H](C)CCCO[Si](C)(C)C(C)(C)C)CC[C@@H]12. The quantitative estimate of drug-likeness (QED) is 0.0457. The molecule has 2 fully saturated rings. The first-order valence-electron chi connectivity index (χ1n) is 21.6. The lowest BCUT2D eigenvalue weighted by Gasteiger charge is -2.45. The fraction of sp³-hybridized carbons (Fsp3) is 0.766. The van der Waals surface area contributed by atoms with Crippen LogP contribution in [0.15, 0.2) is 53.6 Å². The topological polar surface area (TPSA) is 66.5 Å². The maximum Gasteiger partial charge on any atom is 0.303 e. The van der Waals surface area contributed by atoms with E-state index in [1.807, 2.05) is 18.2 Å². The second-order valence-corrected chi connectivity index (χ2v) is 30.6. The van der Waals surface area contributed by atoms with Crippen molar-refractivity contribution in [3.63, 3.8) is 0 Å². The minimum absolute atomic E-state index is 0.0587. The number of ether oxygens (including phenoxy) is 3. The van der Waals surface area contributed by atoms with Gasteiger partial charge in [0.1, 0.15) is 11.7 Å². The van der Waals surface area contributed by atoms with E-state index in [1.165, 1.54) is 42.4 Å². The summed E-state index contributed by atoms with van der Waals surface area (Å²) in [6.45, 7) is 36.2. The Balaban J connectivity index is 1.45. The fourth-order valence-electron chi connectivity index (χ4n) is 8.90. The highest BCUT2D eigenvalue weighted by Crippen LogP contribution is 2.59. The molecule has 3 aliphatic rings. The van der Waals surface area contributed by atoms with Gasteiger partial charge in [0.05, 0.1) is 25.4 Å². The first-order chi connectivity index (χ1) is 25.4. The van der Waals surface area contributed by atoms with Crippen molar-refractivity contribution in [1.29, 1.82) is 0 Å². The van der Waals surface area contributed by atoms with Crippen LogP contribution < -0.4 is 0 Å². The van der Waals surface area contributed by atoms with E-state index in [-0.39, 0.29) is 45.4 Å². The molecule has 0 bridgehead atoms. The van der Waals surface area contributed by atoms with Gasteiger partial charge in [0, 0.05) is 26.4 Å². The van der Waals surface area contributed by atoms with Crippen molar-refractivity contribution in [2.45, 2.75) is 194 Å². The first kappa shape index (κ1) is 46.1. The van der Waals surface area contributed by atoms with Crippen molar-refractivity contribution in [2.24, 2.45) is 23.2 Å². The largest absolute Gasteiger partial charge is 0.458 e. The van der Waals surface area contributed by atoms with Crippen LogP contribution in [0.25, 0.3) is 0 Å². The molecule has 0 aromatic heterocycles. The number of fused-ring (bicyclic) bond motifs is 1. The summed E-state index contributed by atoms with van der Waals surface area (Å²) in [6.07, 6.45) is 12.9. The highest BCUT2D eigenvalue weighted by atomic mass is 28.4. The molecule has 4 rings (SSSR count). The maximum atomic E-state index is 12.7. The lowest BCUT2D eigenvalue weighted by Crippen LogP contribution is -2.44. The van der Waals surface area contributed by atoms with Crippen LogP contribution in [0.5, 0.6) is 0 Å². The maximum absolute atomic E-state index is 12.7. The zero-order chi connectivity index (χ0) is 41.0. The van der Waals surface area contributed by atoms with Crippen LogP contribution in [0.4, 0.5) is 0 Å². The Bertz CT molecular complexity index is 1470. The van der Waals surface area contributed by atoms with Crippen LogP contribution >= 0.6 is 0 Å². The van der Waals surface area contributed by atoms with Gasteiger partial charge in [-0.2, -0.15) is 0 Å². The molecule has 312 valence electrons. The van der Waals surface area contributed by atoms with Gasteiger partial charge in [0.2, 0.25) is 0 Å². The van der Waals surface area contributed by atoms with Crippen LogP contribution in [0, 0.1) is 23.2 Å². The van der Waals surface area contributed by atoms with Gasteiger partial charge in [-0.25, -0.2) is 0 Å². The van der Waals surface area contributed by atoms with E-state index < -0.39 is 16.6 Å². The zero-order valence-electron chi connectivity index (χ0n) is 37.7. The number of benzene rings is 1. The van der Waals surface area contributed by atoms with Gasteiger partial charge in [0.15, 0.2) is 16.6 Å². The van der Waals surface area contributed by atoms with Gasteiger partial charge < -0.3 is 23.1 Å². The summed E-state index contributed by atoms with van der Waals surface area (Å²) in [5.41, 5.74) is 3.60. The molecule has 2 aliphatic carbocycles. The van der Waals surface area contributed by atoms with Crippen molar-refractivity contribution in [3.05, 3.63) is 59.2 Å². The lowest BCUT2D eigenvalue weighted by molar-refractivity contribution is -0.145. The predicted molar refractivity (Wildman–Crippen MR) is 233 cm³/mol. The molecule has 1 heterocycles. The Morgan fingerprint density at radius 2 is 1.64 bits per heavy atom. The number of allylic oxidation sites excluding steroid dienone is 1. The van der Waals surface area contributed by atoms with Gasteiger partial charge in [-0.3, -0.25) is 4.79 Å². The monoisotopic (exact) mass is 797 g/mol. The van der Waals surface area contributed by atoms with Gasteiger partial charge in [-0.05, 0) is 129 Å². The minimum Gasteiger partial charge on any atom is -0.458 e. The summed E-state index contributed by atoms with van der Waals surface area (Å²) in [5, 5.41) is 0.315.